The van der Waals surface area contributed by atoms with E-state index in [4.69, 9.17) is 5.73 Å². The summed E-state index contributed by atoms with van der Waals surface area (Å²) in [6.45, 7) is -0.231. The number of hydrogen-bond donors (Lipinski definition) is 1. The summed E-state index contributed by atoms with van der Waals surface area (Å²) in [6, 6.07) is 6.77. The molecule has 0 atom stereocenters. The second-order valence-corrected chi connectivity index (χ2v) is 5.01. The van der Waals surface area contributed by atoms with Gasteiger partial charge in [-0.2, -0.15) is 0 Å². The molecular weight excluding hydrogens is 266 g/mol. The van der Waals surface area contributed by atoms with E-state index in [2.05, 4.69) is 0 Å². The molecule has 0 spiro atoms. The van der Waals surface area contributed by atoms with Gasteiger partial charge in [0.1, 0.15) is 6.54 Å². The first-order valence-corrected chi connectivity index (χ1v) is 6.57. The zero-order chi connectivity index (χ0) is 14.0. The lowest BCUT2D eigenvalue weighted by Crippen LogP contribution is -2.40. The third kappa shape index (κ3) is 2.87. The van der Waals surface area contributed by atoms with E-state index in [0.29, 0.717) is 11.4 Å². The predicted octanol–water partition coefficient (Wildman–Crippen LogP) is 0.927. The molecule has 2 N–H and O–H groups in total. The number of rotatable bonds is 3. The van der Waals surface area contributed by atoms with Crippen LogP contribution in [0.25, 0.3) is 0 Å². The second kappa shape index (κ2) is 5.31. The lowest BCUT2D eigenvalue weighted by atomic mass is 10.2. The molecule has 1 aliphatic rings. The van der Waals surface area contributed by atoms with Gasteiger partial charge in [0.25, 0.3) is 5.24 Å². The van der Waals surface area contributed by atoms with Crippen molar-refractivity contribution in [1.29, 1.82) is 0 Å². The summed E-state index contributed by atoms with van der Waals surface area (Å²) in [5, 5.41) is -0.371. The van der Waals surface area contributed by atoms with Gasteiger partial charge >= 0.3 is 0 Å². The molecule has 0 aromatic heterocycles. The average Bonchev–Trinajstić information content (AvgIpc) is 2.70. The highest BCUT2D eigenvalue weighted by Crippen LogP contribution is 2.20. The molecule has 3 amide bonds. The van der Waals surface area contributed by atoms with Crippen LogP contribution in [0.1, 0.15) is 0 Å². The molecule has 0 aliphatic carbocycles. The number of likely N-dealkylation sites (N-methyl/N-ethyl adjacent to an activating group) is 1. The predicted molar refractivity (Wildman–Crippen MR) is 73.8 cm³/mol. The van der Waals surface area contributed by atoms with E-state index in [1.54, 1.807) is 31.3 Å². The number of nitrogen functional groups attached to an aromatic ring is 1. The van der Waals surface area contributed by atoms with Gasteiger partial charge in [-0.15, -0.1) is 0 Å². The van der Waals surface area contributed by atoms with Gasteiger partial charge in [-0.1, -0.05) is 11.8 Å². The van der Waals surface area contributed by atoms with Crippen LogP contribution < -0.4 is 10.6 Å². The topological polar surface area (TPSA) is 83.7 Å². The first-order chi connectivity index (χ1) is 8.99. The summed E-state index contributed by atoms with van der Waals surface area (Å²) in [5.74, 6) is -0.541. The molecule has 1 aromatic carbocycles. The first kappa shape index (κ1) is 13.4. The highest BCUT2D eigenvalue weighted by Gasteiger charge is 2.32. The van der Waals surface area contributed by atoms with Gasteiger partial charge in [0.2, 0.25) is 11.8 Å². The Bertz CT molecular complexity index is 514. The number of imide groups is 1. The summed E-state index contributed by atoms with van der Waals surface area (Å²) in [7, 11) is 1.59. The van der Waals surface area contributed by atoms with Crippen LogP contribution in [0.4, 0.5) is 16.2 Å². The van der Waals surface area contributed by atoms with Gasteiger partial charge in [0.15, 0.2) is 0 Å². The second-order valence-electron chi connectivity index (χ2n) is 4.08. The Kier molecular flexibility index (Phi) is 3.75. The van der Waals surface area contributed by atoms with Gasteiger partial charge < -0.3 is 10.6 Å². The molecule has 0 unspecified atom stereocenters. The monoisotopic (exact) mass is 279 g/mol. The number of amides is 3. The SMILES string of the molecule is CN(C(=O)CN1C(=O)CSC1=O)c1ccc(N)cc1. The molecule has 100 valence electrons. The number of benzene rings is 1. The zero-order valence-electron chi connectivity index (χ0n) is 10.3. The van der Waals surface area contributed by atoms with Crippen LogP contribution in [0.2, 0.25) is 0 Å². The van der Waals surface area contributed by atoms with Crippen LogP contribution in [-0.4, -0.2) is 41.3 Å². The zero-order valence-corrected chi connectivity index (χ0v) is 11.1. The molecule has 2 rings (SSSR count). The van der Waals surface area contributed by atoms with Crippen LogP contribution in [-0.2, 0) is 9.59 Å². The van der Waals surface area contributed by atoms with Crippen molar-refractivity contribution in [2.24, 2.45) is 0 Å². The Hall–Kier alpha value is -2.02. The Labute approximate surface area is 114 Å². The number of hydrogen-bond acceptors (Lipinski definition) is 5. The fourth-order valence-electron chi connectivity index (χ4n) is 1.62. The van der Waals surface area contributed by atoms with Gasteiger partial charge in [-0.3, -0.25) is 19.3 Å². The largest absolute Gasteiger partial charge is 0.399 e. The van der Waals surface area contributed by atoms with E-state index in [1.165, 1.54) is 4.90 Å². The minimum absolute atomic E-state index is 0.109. The van der Waals surface area contributed by atoms with Crippen molar-refractivity contribution in [3.05, 3.63) is 24.3 Å². The third-order valence-corrected chi connectivity index (χ3v) is 3.65. The molecule has 6 nitrogen and oxygen atoms in total. The summed E-state index contributed by atoms with van der Waals surface area (Å²) in [6.07, 6.45) is 0. The lowest BCUT2D eigenvalue weighted by Gasteiger charge is -2.20. The van der Waals surface area contributed by atoms with Crippen molar-refractivity contribution >= 4 is 40.2 Å². The van der Waals surface area contributed by atoms with Crippen molar-refractivity contribution in [3.8, 4) is 0 Å². The maximum absolute atomic E-state index is 12.0. The molecule has 1 heterocycles. The summed E-state index contributed by atoms with van der Waals surface area (Å²) in [4.78, 5) is 37.2. The van der Waals surface area contributed by atoms with E-state index in [1.807, 2.05) is 0 Å². The van der Waals surface area contributed by atoms with Gasteiger partial charge in [0, 0.05) is 18.4 Å². The lowest BCUT2D eigenvalue weighted by molar-refractivity contribution is -0.129. The maximum Gasteiger partial charge on any atom is 0.289 e. The minimum atomic E-state index is -0.371. The van der Waals surface area contributed by atoms with Gasteiger partial charge in [-0.25, -0.2) is 0 Å². The van der Waals surface area contributed by atoms with E-state index in [9.17, 15) is 14.4 Å². The standard InChI is InChI=1S/C12H13N3O3S/c1-14(9-4-2-8(13)3-5-9)10(16)6-15-11(17)7-19-12(15)18/h2-5H,6-7,13H2,1H3. The molecular formula is C12H13N3O3S. The molecule has 19 heavy (non-hydrogen) atoms. The quantitative estimate of drug-likeness (QED) is 0.832. The van der Waals surface area contributed by atoms with Gasteiger partial charge in [0.05, 0.1) is 5.75 Å². The molecule has 7 heteroatoms. The summed E-state index contributed by atoms with van der Waals surface area (Å²) < 4.78 is 0. The number of anilines is 2. The fourth-order valence-corrected chi connectivity index (χ4v) is 2.34. The normalized spacial score (nSPS) is 14.9. The third-order valence-electron chi connectivity index (χ3n) is 2.79. The highest BCUT2D eigenvalue weighted by atomic mass is 32.2. The molecule has 1 aromatic rings. The van der Waals surface area contributed by atoms with Crippen LogP contribution in [0.5, 0.6) is 0 Å². The van der Waals surface area contributed by atoms with Crippen molar-refractivity contribution < 1.29 is 14.4 Å². The minimum Gasteiger partial charge on any atom is -0.399 e. The number of nitrogens with zero attached hydrogens (tertiary/aromatic N) is 2. The molecule has 0 saturated carbocycles. The van der Waals surface area contributed by atoms with Crippen LogP contribution in [0.3, 0.4) is 0 Å². The molecule has 1 fully saturated rings. The first-order valence-electron chi connectivity index (χ1n) is 5.58. The molecule has 0 bridgehead atoms. The molecule has 1 saturated heterocycles. The fraction of sp³-hybridized carbons (Fsp3) is 0.250. The highest BCUT2D eigenvalue weighted by molar-refractivity contribution is 8.14. The number of thioether (sulfide) groups is 1. The smallest absolute Gasteiger partial charge is 0.289 e. The van der Waals surface area contributed by atoms with E-state index >= 15 is 0 Å². The van der Waals surface area contributed by atoms with Crippen LogP contribution in [0.15, 0.2) is 24.3 Å². The van der Waals surface area contributed by atoms with Crippen molar-refractivity contribution in [2.75, 3.05) is 30.0 Å². The Morgan fingerprint density at radius 3 is 2.53 bits per heavy atom. The number of carbonyl (C=O) groups is 3. The van der Waals surface area contributed by atoms with Crippen LogP contribution in [0, 0.1) is 0 Å². The Morgan fingerprint density at radius 2 is 2.00 bits per heavy atom. The summed E-state index contributed by atoms with van der Waals surface area (Å²) in [5.41, 5.74) is 6.83. The van der Waals surface area contributed by atoms with Crippen molar-refractivity contribution in [2.45, 2.75) is 0 Å². The Morgan fingerprint density at radius 1 is 1.37 bits per heavy atom. The number of nitrogens with two attached hydrogens (primary N) is 1. The van der Waals surface area contributed by atoms with E-state index in [0.717, 1.165) is 16.7 Å². The van der Waals surface area contributed by atoms with Crippen molar-refractivity contribution in [3.63, 3.8) is 0 Å². The molecule has 1 aliphatic heterocycles. The summed E-state index contributed by atoms with van der Waals surface area (Å²) >= 11 is 0.915. The van der Waals surface area contributed by atoms with Gasteiger partial charge in [-0.05, 0) is 24.3 Å². The average molecular weight is 279 g/mol. The van der Waals surface area contributed by atoms with E-state index < -0.39 is 0 Å². The van der Waals surface area contributed by atoms with Crippen molar-refractivity contribution in [1.82, 2.24) is 4.90 Å². The maximum atomic E-state index is 12.0. The Balaban J connectivity index is 2.05. The van der Waals surface area contributed by atoms with Crippen LogP contribution >= 0.6 is 11.8 Å². The van der Waals surface area contributed by atoms with E-state index in [-0.39, 0.29) is 29.4 Å². The number of carbonyl (C=O) groups excluding carboxylic acids is 3. The molecule has 0 radical (unpaired) electrons.